The third-order valence-electron chi connectivity index (χ3n) is 4.45. The standard InChI is InChI=1S/C15H25N3O3/c1-11-5-4-6-15(21,8-11)10-16-9-12-7-13(19)18(3)14(20)17(12)2/h7,11,16,21H,4-6,8-10H2,1-3H3. The first-order valence-electron chi connectivity index (χ1n) is 7.51. The van der Waals surface area contributed by atoms with Crippen LogP contribution in [0, 0.1) is 5.92 Å². The average Bonchev–Trinajstić information content (AvgIpc) is 2.41. The molecule has 6 nitrogen and oxygen atoms in total. The van der Waals surface area contributed by atoms with Gasteiger partial charge in [-0.25, -0.2) is 4.79 Å². The van der Waals surface area contributed by atoms with E-state index in [1.54, 1.807) is 7.05 Å². The van der Waals surface area contributed by atoms with E-state index in [-0.39, 0.29) is 11.2 Å². The van der Waals surface area contributed by atoms with Crippen LogP contribution in [0.3, 0.4) is 0 Å². The van der Waals surface area contributed by atoms with Gasteiger partial charge in [-0.05, 0) is 18.8 Å². The van der Waals surface area contributed by atoms with Crippen LogP contribution in [-0.4, -0.2) is 26.4 Å². The predicted molar refractivity (Wildman–Crippen MR) is 81.2 cm³/mol. The molecular formula is C15H25N3O3. The summed E-state index contributed by atoms with van der Waals surface area (Å²) in [5.41, 5.74) is -0.671. The SMILES string of the molecule is CC1CCCC(O)(CNCc2cc(=O)n(C)c(=O)n2C)C1. The number of aliphatic hydroxyl groups is 1. The van der Waals surface area contributed by atoms with Gasteiger partial charge in [-0.15, -0.1) is 0 Å². The second-order valence-electron chi connectivity index (χ2n) is 6.40. The zero-order valence-electron chi connectivity index (χ0n) is 13.1. The predicted octanol–water partition coefficient (Wildman–Crippen LogP) is 0.115. The van der Waals surface area contributed by atoms with Crippen molar-refractivity contribution in [2.45, 2.75) is 44.8 Å². The fourth-order valence-electron chi connectivity index (χ4n) is 3.16. The maximum Gasteiger partial charge on any atom is 0.330 e. The summed E-state index contributed by atoms with van der Waals surface area (Å²) in [5, 5.41) is 13.7. The van der Waals surface area contributed by atoms with Gasteiger partial charge < -0.3 is 10.4 Å². The van der Waals surface area contributed by atoms with E-state index in [0.717, 1.165) is 23.8 Å². The monoisotopic (exact) mass is 295 g/mol. The maximum atomic E-state index is 11.8. The molecular weight excluding hydrogens is 270 g/mol. The molecule has 1 aromatic heterocycles. The first-order valence-corrected chi connectivity index (χ1v) is 7.51. The molecule has 0 aliphatic heterocycles. The van der Waals surface area contributed by atoms with Gasteiger partial charge in [-0.2, -0.15) is 0 Å². The molecule has 0 amide bonds. The first kappa shape index (κ1) is 16.0. The minimum Gasteiger partial charge on any atom is -0.389 e. The highest BCUT2D eigenvalue weighted by atomic mass is 16.3. The van der Waals surface area contributed by atoms with Crippen molar-refractivity contribution in [1.29, 1.82) is 0 Å². The number of hydrogen-bond donors (Lipinski definition) is 2. The molecule has 1 heterocycles. The summed E-state index contributed by atoms with van der Waals surface area (Å²) in [4.78, 5) is 23.5. The van der Waals surface area contributed by atoms with Crippen LogP contribution in [-0.2, 0) is 20.6 Å². The van der Waals surface area contributed by atoms with E-state index < -0.39 is 5.60 Å². The van der Waals surface area contributed by atoms with Gasteiger partial charge in [-0.1, -0.05) is 19.8 Å². The molecule has 0 bridgehead atoms. The normalized spacial score (nSPS) is 26.0. The lowest BCUT2D eigenvalue weighted by Gasteiger charge is -2.35. The van der Waals surface area contributed by atoms with Crippen LogP contribution >= 0.6 is 0 Å². The molecule has 1 aliphatic rings. The highest BCUT2D eigenvalue weighted by Gasteiger charge is 2.32. The summed E-state index contributed by atoms with van der Waals surface area (Å²) in [6, 6.07) is 1.46. The maximum absolute atomic E-state index is 11.8. The summed E-state index contributed by atoms with van der Waals surface area (Å²) in [5.74, 6) is 0.541. The Hall–Kier alpha value is -1.40. The Morgan fingerprint density at radius 2 is 2.10 bits per heavy atom. The van der Waals surface area contributed by atoms with Crippen LogP contribution in [0.1, 0.15) is 38.3 Å². The lowest BCUT2D eigenvalue weighted by Crippen LogP contribution is -2.45. The summed E-state index contributed by atoms with van der Waals surface area (Å²) < 4.78 is 2.54. The Balaban J connectivity index is 2.01. The van der Waals surface area contributed by atoms with Crippen LogP contribution in [0.5, 0.6) is 0 Å². The molecule has 0 saturated heterocycles. The van der Waals surface area contributed by atoms with E-state index in [0.29, 0.717) is 24.7 Å². The Morgan fingerprint density at radius 3 is 2.76 bits per heavy atom. The van der Waals surface area contributed by atoms with Crippen LogP contribution < -0.4 is 16.6 Å². The van der Waals surface area contributed by atoms with E-state index in [4.69, 9.17) is 0 Å². The fraction of sp³-hybridized carbons (Fsp3) is 0.733. The quantitative estimate of drug-likeness (QED) is 0.827. The molecule has 0 aromatic carbocycles. The van der Waals surface area contributed by atoms with Crippen molar-refractivity contribution in [2.75, 3.05) is 6.54 Å². The Morgan fingerprint density at radius 1 is 1.38 bits per heavy atom. The van der Waals surface area contributed by atoms with E-state index in [9.17, 15) is 14.7 Å². The first-order chi connectivity index (χ1) is 9.82. The summed E-state index contributed by atoms with van der Waals surface area (Å²) >= 11 is 0. The van der Waals surface area contributed by atoms with Crippen LogP contribution in [0.4, 0.5) is 0 Å². The lowest BCUT2D eigenvalue weighted by atomic mass is 9.79. The van der Waals surface area contributed by atoms with Crippen LogP contribution in [0.2, 0.25) is 0 Å². The largest absolute Gasteiger partial charge is 0.389 e. The number of nitrogens with zero attached hydrogens (tertiary/aromatic N) is 2. The van der Waals surface area contributed by atoms with Crippen molar-refractivity contribution in [1.82, 2.24) is 14.5 Å². The van der Waals surface area contributed by atoms with Crippen molar-refractivity contribution in [3.63, 3.8) is 0 Å². The van der Waals surface area contributed by atoms with Gasteiger partial charge in [0.1, 0.15) is 0 Å². The second-order valence-corrected chi connectivity index (χ2v) is 6.40. The van der Waals surface area contributed by atoms with Gasteiger partial charge in [0, 0.05) is 38.9 Å². The molecule has 1 aliphatic carbocycles. The van der Waals surface area contributed by atoms with Crippen LogP contribution in [0.25, 0.3) is 0 Å². The molecule has 2 rings (SSSR count). The molecule has 0 spiro atoms. The van der Waals surface area contributed by atoms with E-state index >= 15 is 0 Å². The summed E-state index contributed by atoms with van der Waals surface area (Å²) in [6.07, 6.45) is 3.82. The van der Waals surface area contributed by atoms with Gasteiger partial charge in [0.05, 0.1) is 5.60 Å². The van der Waals surface area contributed by atoms with Gasteiger partial charge in [-0.3, -0.25) is 13.9 Å². The molecule has 1 aromatic rings. The molecule has 2 atom stereocenters. The highest BCUT2D eigenvalue weighted by Crippen LogP contribution is 2.31. The molecule has 21 heavy (non-hydrogen) atoms. The van der Waals surface area contributed by atoms with Crippen molar-refractivity contribution >= 4 is 0 Å². The number of nitrogens with one attached hydrogen (secondary N) is 1. The summed E-state index contributed by atoms with van der Waals surface area (Å²) in [7, 11) is 3.12. The molecule has 2 unspecified atom stereocenters. The highest BCUT2D eigenvalue weighted by molar-refractivity contribution is 5.02. The smallest absolute Gasteiger partial charge is 0.330 e. The molecule has 118 valence electrons. The topological polar surface area (TPSA) is 76.3 Å². The molecule has 1 fully saturated rings. The average molecular weight is 295 g/mol. The minimum atomic E-state index is -0.670. The van der Waals surface area contributed by atoms with Gasteiger partial charge in [0.25, 0.3) is 5.56 Å². The van der Waals surface area contributed by atoms with Gasteiger partial charge in [0.15, 0.2) is 0 Å². The number of aromatic nitrogens is 2. The van der Waals surface area contributed by atoms with E-state index in [1.165, 1.54) is 24.1 Å². The van der Waals surface area contributed by atoms with Crippen molar-refractivity contribution < 1.29 is 5.11 Å². The number of hydrogen-bond acceptors (Lipinski definition) is 4. The molecule has 2 N–H and O–H groups in total. The van der Waals surface area contributed by atoms with Crippen molar-refractivity contribution in [3.05, 3.63) is 32.6 Å². The van der Waals surface area contributed by atoms with Gasteiger partial charge in [0.2, 0.25) is 0 Å². The van der Waals surface area contributed by atoms with Gasteiger partial charge >= 0.3 is 5.69 Å². The van der Waals surface area contributed by atoms with E-state index in [1.807, 2.05) is 0 Å². The Bertz CT molecular complexity index is 620. The molecule has 6 heteroatoms. The van der Waals surface area contributed by atoms with E-state index in [2.05, 4.69) is 12.2 Å². The third-order valence-corrected chi connectivity index (χ3v) is 4.45. The second kappa shape index (κ2) is 6.15. The zero-order chi connectivity index (χ0) is 15.6. The Labute approximate surface area is 124 Å². The Kier molecular flexibility index (Phi) is 4.68. The molecule has 0 radical (unpaired) electrons. The zero-order valence-corrected chi connectivity index (χ0v) is 13.1. The summed E-state index contributed by atoms with van der Waals surface area (Å²) in [6.45, 7) is 3.05. The minimum absolute atomic E-state index is 0.306. The van der Waals surface area contributed by atoms with Crippen molar-refractivity contribution in [3.8, 4) is 0 Å². The fourth-order valence-corrected chi connectivity index (χ4v) is 3.16. The lowest BCUT2D eigenvalue weighted by molar-refractivity contribution is -0.0120. The number of rotatable bonds is 4. The van der Waals surface area contributed by atoms with Crippen molar-refractivity contribution in [2.24, 2.45) is 20.0 Å². The molecule has 1 saturated carbocycles. The third kappa shape index (κ3) is 3.63. The van der Waals surface area contributed by atoms with Crippen LogP contribution in [0.15, 0.2) is 15.7 Å².